The van der Waals surface area contributed by atoms with Crippen molar-refractivity contribution in [3.8, 4) is 0 Å². The van der Waals surface area contributed by atoms with Crippen LogP contribution in [0.2, 0.25) is 0 Å². The third-order valence-electron chi connectivity index (χ3n) is 4.51. The van der Waals surface area contributed by atoms with Gasteiger partial charge in [0, 0.05) is 32.2 Å². The van der Waals surface area contributed by atoms with E-state index in [0.29, 0.717) is 43.1 Å². The zero-order valence-electron chi connectivity index (χ0n) is 13.4. The van der Waals surface area contributed by atoms with Gasteiger partial charge in [0.1, 0.15) is 10.5 Å². The number of aromatic nitrogens is 3. The molecule has 0 N–H and O–H groups in total. The van der Waals surface area contributed by atoms with Gasteiger partial charge in [0.25, 0.3) is 10.0 Å². The zero-order valence-corrected chi connectivity index (χ0v) is 17.4. The minimum Gasteiger partial charge on any atom is -0.303 e. The van der Waals surface area contributed by atoms with E-state index < -0.39 is 10.0 Å². The average molecular weight is 464 g/mol. The Hall–Kier alpha value is -0.590. The highest BCUT2D eigenvalue weighted by Gasteiger charge is 2.30. The third kappa shape index (κ3) is 3.62. The van der Waals surface area contributed by atoms with Crippen molar-refractivity contribution < 1.29 is 8.42 Å². The Morgan fingerprint density at radius 3 is 2.56 bits per heavy atom. The first kappa shape index (κ1) is 17.8. The Morgan fingerprint density at radius 1 is 1.24 bits per heavy atom. The predicted molar refractivity (Wildman–Crippen MR) is 102 cm³/mol. The van der Waals surface area contributed by atoms with E-state index in [9.17, 15) is 8.42 Å². The molecule has 0 spiro atoms. The van der Waals surface area contributed by atoms with E-state index >= 15 is 0 Å². The van der Waals surface area contributed by atoms with Crippen LogP contribution >= 0.6 is 39.5 Å². The maximum Gasteiger partial charge on any atom is 0.252 e. The van der Waals surface area contributed by atoms with Crippen molar-refractivity contribution in [3.63, 3.8) is 0 Å². The molecule has 0 unspecified atom stereocenters. The van der Waals surface area contributed by atoms with E-state index in [1.165, 1.54) is 24.2 Å². The predicted octanol–water partition coefficient (Wildman–Crippen LogP) is 2.54. The molecular weight excluding hydrogens is 446 g/mol. The lowest BCUT2D eigenvalue weighted by molar-refractivity contribution is 0.144. The average Bonchev–Trinajstić information content (AvgIpc) is 3.23. The molecule has 1 saturated carbocycles. The Morgan fingerprint density at radius 2 is 1.96 bits per heavy atom. The molecule has 0 aromatic carbocycles. The Labute approximate surface area is 164 Å². The van der Waals surface area contributed by atoms with Crippen molar-refractivity contribution in [2.75, 3.05) is 26.2 Å². The summed E-state index contributed by atoms with van der Waals surface area (Å²) in [5, 5.41) is 4.39. The van der Waals surface area contributed by atoms with Gasteiger partial charge >= 0.3 is 0 Å². The van der Waals surface area contributed by atoms with Crippen molar-refractivity contribution in [3.05, 3.63) is 27.0 Å². The van der Waals surface area contributed by atoms with Crippen LogP contribution in [0.25, 0.3) is 0 Å². The first-order chi connectivity index (χ1) is 11.9. The fourth-order valence-corrected chi connectivity index (χ4v) is 6.80. The van der Waals surface area contributed by atoms with Crippen molar-refractivity contribution in [2.45, 2.75) is 29.8 Å². The lowest BCUT2D eigenvalue weighted by Gasteiger charge is -2.33. The maximum atomic E-state index is 12.7. The van der Waals surface area contributed by atoms with Gasteiger partial charge in [-0.25, -0.2) is 13.1 Å². The minimum atomic E-state index is -3.40. The molecule has 1 aliphatic heterocycles. The smallest absolute Gasteiger partial charge is 0.252 e. The molecule has 2 aromatic heterocycles. The Balaban J connectivity index is 1.39. The van der Waals surface area contributed by atoms with E-state index in [1.807, 2.05) is 11.0 Å². The number of thiophene rings is 1. The largest absolute Gasteiger partial charge is 0.303 e. The molecule has 7 nitrogen and oxygen atoms in total. The molecule has 0 radical (unpaired) electrons. The van der Waals surface area contributed by atoms with E-state index in [1.54, 1.807) is 16.4 Å². The quantitative estimate of drug-likeness (QED) is 0.637. The van der Waals surface area contributed by atoms with Crippen LogP contribution in [0.1, 0.15) is 18.9 Å². The van der Waals surface area contributed by atoms with Gasteiger partial charge in [-0.15, -0.1) is 11.3 Å². The topological polar surface area (TPSA) is 63.4 Å². The summed E-state index contributed by atoms with van der Waals surface area (Å²) in [6, 6.07) is 3.94. The van der Waals surface area contributed by atoms with E-state index in [2.05, 4.69) is 30.5 Å². The maximum absolute atomic E-state index is 12.7. The fourth-order valence-electron chi connectivity index (χ4n) is 2.91. The second kappa shape index (κ2) is 6.86. The van der Waals surface area contributed by atoms with Crippen LogP contribution < -0.4 is 0 Å². The van der Waals surface area contributed by atoms with Gasteiger partial charge in [-0.1, -0.05) is 0 Å². The number of hydrogen-bond donors (Lipinski definition) is 0. The molecule has 0 atom stereocenters. The van der Waals surface area contributed by atoms with Gasteiger partial charge in [-0.3, -0.25) is 4.90 Å². The molecule has 0 bridgehead atoms. The van der Waals surface area contributed by atoms with Gasteiger partial charge < -0.3 is 4.57 Å². The van der Waals surface area contributed by atoms with Gasteiger partial charge in [-0.05, 0) is 53.1 Å². The lowest BCUT2D eigenvalue weighted by atomic mass is 10.4. The van der Waals surface area contributed by atoms with E-state index in [4.69, 9.17) is 12.2 Å². The zero-order chi connectivity index (χ0) is 17.6. The Kier molecular flexibility index (Phi) is 4.88. The van der Waals surface area contributed by atoms with Crippen LogP contribution in [0, 0.1) is 4.77 Å². The number of piperazine rings is 1. The summed E-state index contributed by atoms with van der Waals surface area (Å²) < 4.78 is 32.7. The van der Waals surface area contributed by atoms with Gasteiger partial charge in [0.2, 0.25) is 0 Å². The number of nitrogens with zero attached hydrogens (tertiary/aromatic N) is 5. The number of rotatable bonds is 5. The van der Waals surface area contributed by atoms with Gasteiger partial charge in [0.15, 0.2) is 4.77 Å². The Bertz CT molecular complexity index is 922. The van der Waals surface area contributed by atoms with E-state index in [0.717, 1.165) is 8.56 Å². The first-order valence-corrected chi connectivity index (χ1v) is 11.5. The first-order valence-electron chi connectivity index (χ1n) is 8.07. The molecule has 2 fully saturated rings. The van der Waals surface area contributed by atoms with Crippen LogP contribution in [-0.2, 0) is 16.7 Å². The number of halogens is 1. The van der Waals surface area contributed by atoms with Crippen LogP contribution in [0.15, 0.2) is 26.5 Å². The third-order valence-corrected chi connectivity index (χ3v) is 8.92. The lowest BCUT2D eigenvalue weighted by Crippen LogP contribution is -2.48. The number of hydrogen-bond acceptors (Lipinski definition) is 6. The molecular formula is C14H18BrN5O2S3. The summed E-state index contributed by atoms with van der Waals surface area (Å²) in [5.74, 6) is 0. The van der Waals surface area contributed by atoms with Crippen LogP contribution in [0.5, 0.6) is 0 Å². The summed E-state index contributed by atoms with van der Waals surface area (Å²) in [4.78, 5) is 2.19. The SMILES string of the molecule is O=S(=O)(c1ccc(Br)s1)N1CCN(Cn2ncn(C3CC3)c2=S)CC1. The van der Waals surface area contributed by atoms with Gasteiger partial charge in [0.05, 0.1) is 10.5 Å². The van der Waals surface area contributed by atoms with Crippen molar-refractivity contribution >= 4 is 49.5 Å². The summed E-state index contributed by atoms with van der Waals surface area (Å²) in [5.41, 5.74) is 0. The van der Waals surface area contributed by atoms with Crippen LogP contribution in [0.4, 0.5) is 0 Å². The van der Waals surface area contributed by atoms with Crippen LogP contribution in [-0.4, -0.2) is 58.1 Å². The van der Waals surface area contributed by atoms with Crippen molar-refractivity contribution in [1.82, 2.24) is 23.6 Å². The fraction of sp³-hybridized carbons (Fsp3) is 0.571. The van der Waals surface area contributed by atoms with Crippen molar-refractivity contribution in [1.29, 1.82) is 0 Å². The molecule has 3 heterocycles. The summed E-state index contributed by atoms with van der Waals surface area (Å²) >= 11 is 10.1. The molecule has 25 heavy (non-hydrogen) atoms. The van der Waals surface area contributed by atoms with Crippen molar-refractivity contribution in [2.24, 2.45) is 0 Å². The molecule has 2 aromatic rings. The molecule has 4 rings (SSSR count). The molecule has 2 aliphatic rings. The minimum absolute atomic E-state index is 0.387. The highest BCUT2D eigenvalue weighted by molar-refractivity contribution is 9.11. The van der Waals surface area contributed by atoms with Crippen LogP contribution in [0.3, 0.4) is 0 Å². The molecule has 11 heteroatoms. The number of sulfonamides is 1. The molecule has 136 valence electrons. The normalized spacial score (nSPS) is 20.2. The standard InChI is InChI=1S/C14H18BrN5O2S3/c15-12-3-4-13(24-12)25(21,22)18-7-5-17(6-8-18)10-20-14(23)19(9-16-20)11-1-2-11/h3-4,9,11H,1-2,5-8,10H2. The molecule has 0 amide bonds. The summed E-state index contributed by atoms with van der Waals surface area (Å²) in [7, 11) is -3.40. The summed E-state index contributed by atoms with van der Waals surface area (Å²) in [6.07, 6.45) is 4.17. The van der Waals surface area contributed by atoms with Gasteiger partial charge in [-0.2, -0.15) is 9.40 Å². The second-order valence-corrected chi connectivity index (χ2v) is 11.3. The monoisotopic (exact) mass is 463 g/mol. The second-order valence-electron chi connectivity index (χ2n) is 6.27. The molecule has 1 aliphatic carbocycles. The highest BCUT2D eigenvalue weighted by Crippen LogP contribution is 2.34. The molecule has 1 saturated heterocycles. The summed E-state index contributed by atoms with van der Waals surface area (Å²) in [6.45, 7) is 2.91. The highest BCUT2D eigenvalue weighted by atomic mass is 79.9. The van der Waals surface area contributed by atoms with E-state index in [-0.39, 0.29) is 0 Å².